The van der Waals surface area contributed by atoms with E-state index in [4.69, 9.17) is 5.73 Å². The van der Waals surface area contributed by atoms with E-state index < -0.39 is 6.03 Å². The number of thiophene rings is 1. The van der Waals surface area contributed by atoms with Crippen LogP contribution in [-0.4, -0.2) is 11.9 Å². The van der Waals surface area contributed by atoms with Crippen LogP contribution in [0.25, 0.3) is 0 Å². The lowest BCUT2D eigenvalue weighted by Gasteiger charge is -2.06. The summed E-state index contributed by atoms with van der Waals surface area (Å²) in [6, 6.07) is 1.09. The minimum Gasteiger partial charge on any atom is -0.366 e. The number of hydrogen-bond acceptors (Lipinski definition) is 4. The van der Waals surface area contributed by atoms with Crippen molar-refractivity contribution in [1.29, 1.82) is 0 Å². The molecular formula is C15H18N4O2S. The first-order valence-corrected chi connectivity index (χ1v) is 7.60. The molecule has 0 radical (unpaired) electrons. The maximum Gasteiger partial charge on any atom is 0.317 e. The molecule has 7 heteroatoms. The number of carbonyl (C=O) groups excluding carboxylic acids is 2. The number of allylic oxidation sites excluding steroid dienone is 3. The molecule has 0 saturated heterocycles. The molecule has 0 atom stereocenters. The summed E-state index contributed by atoms with van der Waals surface area (Å²) in [5.41, 5.74) is 6.19. The van der Waals surface area contributed by atoms with Gasteiger partial charge in [-0.3, -0.25) is 10.1 Å². The summed E-state index contributed by atoms with van der Waals surface area (Å²) in [5, 5.41) is 8.67. The van der Waals surface area contributed by atoms with Crippen LogP contribution in [-0.2, 0) is 0 Å². The number of anilines is 1. The minimum atomic E-state index is -0.689. The summed E-state index contributed by atoms with van der Waals surface area (Å²) < 4.78 is 0. The summed E-state index contributed by atoms with van der Waals surface area (Å²) in [6.07, 6.45) is 8.82. The van der Waals surface area contributed by atoms with Crippen molar-refractivity contribution in [2.75, 3.05) is 5.32 Å². The standard InChI is InChI=1S/C15H18N4O2S/c1-9(2)12-7-11(14(22-12)19-15(16)21)13(20)18-10-5-3-4-6-17-8-10/h3-9,17H,1-2H3,(H,18,20)(H3,16,19,21). The Morgan fingerprint density at radius 3 is 2.73 bits per heavy atom. The summed E-state index contributed by atoms with van der Waals surface area (Å²) in [7, 11) is 0. The van der Waals surface area contributed by atoms with E-state index in [1.807, 2.05) is 26.0 Å². The van der Waals surface area contributed by atoms with Crippen molar-refractivity contribution in [3.05, 3.63) is 52.8 Å². The van der Waals surface area contributed by atoms with Gasteiger partial charge in [0.2, 0.25) is 0 Å². The van der Waals surface area contributed by atoms with Crippen LogP contribution in [0.1, 0.15) is 35.0 Å². The lowest BCUT2D eigenvalue weighted by Crippen LogP contribution is -2.25. The van der Waals surface area contributed by atoms with Gasteiger partial charge >= 0.3 is 6.03 Å². The van der Waals surface area contributed by atoms with Gasteiger partial charge in [-0.2, -0.15) is 0 Å². The van der Waals surface area contributed by atoms with Crippen molar-refractivity contribution in [2.45, 2.75) is 19.8 Å². The zero-order valence-corrected chi connectivity index (χ0v) is 13.2. The highest BCUT2D eigenvalue weighted by atomic mass is 32.1. The highest BCUT2D eigenvalue weighted by Gasteiger charge is 2.19. The Morgan fingerprint density at radius 1 is 1.27 bits per heavy atom. The van der Waals surface area contributed by atoms with Crippen LogP contribution in [0.15, 0.2) is 42.4 Å². The Bertz CT molecular complexity index is 671. The first-order chi connectivity index (χ1) is 10.5. The van der Waals surface area contributed by atoms with E-state index in [-0.39, 0.29) is 11.8 Å². The van der Waals surface area contributed by atoms with Crippen molar-refractivity contribution in [1.82, 2.24) is 10.6 Å². The normalized spacial score (nSPS) is 13.3. The average molecular weight is 318 g/mol. The Labute approximate surface area is 132 Å². The molecule has 0 aliphatic carbocycles. The molecule has 0 aromatic carbocycles. The number of rotatable bonds is 4. The zero-order valence-electron chi connectivity index (χ0n) is 12.3. The van der Waals surface area contributed by atoms with Gasteiger partial charge in [0.05, 0.1) is 11.3 Å². The smallest absolute Gasteiger partial charge is 0.317 e. The van der Waals surface area contributed by atoms with E-state index in [1.165, 1.54) is 11.3 Å². The molecule has 1 aliphatic heterocycles. The second kappa shape index (κ2) is 6.95. The average Bonchev–Trinajstić information content (AvgIpc) is 2.68. The van der Waals surface area contributed by atoms with Crippen molar-refractivity contribution >= 4 is 28.3 Å². The number of nitrogens with two attached hydrogens (primary N) is 1. The molecule has 0 saturated carbocycles. The van der Waals surface area contributed by atoms with Gasteiger partial charge in [-0.1, -0.05) is 19.9 Å². The van der Waals surface area contributed by atoms with Crippen LogP contribution in [0.2, 0.25) is 0 Å². The number of nitrogens with one attached hydrogen (secondary N) is 3. The lowest BCUT2D eigenvalue weighted by atomic mass is 10.1. The van der Waals surface area contributed by atoms with Gasteiger partial charge in [0.15, 0.2) is 0 Å². The summed E-state index contributed by atoms with van der Waals surface area (Å²) in [4.78, 5) is 24.5. The molecule has 0 bridgehead atoms. The molecule has 0 spiro atoms. The zero-order chi connectivity index (χ0) is 16.1. The van der Waals surface area contributed by atoms with Crippen molar-refractivity contribution < 1.29 is 9.59 Å². The second-order valence-electron chi connectivity index (χ2n) is 4.97. The Hall–Kier alpha value is -2.54. The number of urea groups is 1. The van der Waals surface area contributed by atoms with Crippen LogP contribution >= 0.6 is 11.3 Å². The van der Waals surface area contributed by atoms with E-state index in [0.29, 0.717) is 16.3 Å². The Morgan fingerprint density at radius 2 is 2.05 bits per heavy atom. The maximum atomic E-state index is 12.4. The fourth-order valence-electron chi connectivity index (χ4n) is 1.80. The summed E-state index contributed by atoms with van der Waals surface area (Å²) in [5.74, 6) is -0.0469. The molecule has 2 heterocycles. The lowest BCUT2D eigenvalue weighted by molar-refractivity contribution is 0.0968. The second-order valence-corrected chi connectivity index (χ2v) is 6.06. The van der Waals surface area contributed by atoms with Crippen LogP contribution in [0.5, 0.6) is 0 Å². The SMILES string of the molecule is CC(C)c1cc(C(=O)NC2=CNC=CC=C2)c(NC(N)=O)s1. The number of hydrogen-bond donors (Lipinski definition) is 4. The topological polar surface area (TPSA) is 96.2 Å². The van der Waals surface area contributed by atoms with Gasteiger partial charge in [-0.15, -0.1) is 11.3 Å². The molecule has 22 heavy (non-hydrogen) atoms. The fourth-order valence-corrected chi connectivity index (χ4v) is 2.86. The molecule has 1 aliphatic rings. The van der Waals surface area contributed by atoms with Crippen LogP contribution in [0, 0.1) is 0 Å². The largest absolute Gasteiger partial charge is 0.366 e. The number of carbonyl (C=O) groups is 2. The highest BCUT2D eigenvalue weighted by molar-refractivity contribution is 7.16. The molecule has 0 unspecified atom stereocenters. The number of primary amides is 1. The van der Waals surface area contributed by atoms with Crippen LogP contribution in [0.4, 0.5) is 9.80 Å². The molecular weight excluding hydrogens is 300 g/mol. The Balaban J connectivity index is 2.23. The first kappa shape index (κ1) is 15.8. The predicted octanol–water partition coefficient (Wildman–Crippen LogP) is 2.61. The van der Waals surface area contributed by atoms with Gasteiger partial charge in [-0.05, 0) is 24.1 Å². The molecule has 1 aromatic heterocycles. The van der Waals surface area contributed by atoms with Gasteiger partial charge in [-0.25, -0.2) is 4.79 Å². The molecule has 5 N–H and O–H groups in total. The third kappa shape index (κ3) is 3.98. The third-order valence-electron chi connectivity index (χ3n) is 2.88. The van der Waals surface area contributed by atoms with Gasteiger partial charge in [0.1, 0.15) is 5.00 Å². The van der Waals surface area contributed by atoms with Gasteiger partial charge < -0.3 is 16.4 Å². The highest BCUT2D eigenvalue weighted by Crippen LogP contribution is 2.32. The minimum absolute atomic E-state index is 0.253. The number of amides is 3. The van der Waals surface area contributed by atoms with Crippen molar-refractivity contribution in [3.63, 3.8) is 0 Å². The van der Waals surface area contributed by atoms with E-state index in [0.717, 1.165) is 4.88 Å². The van der Waals surface area contributed by atoms with Crippen molar-refractivity contribution in [3.8, 4) is 0 Å². The first-order valence-electron chi connectivity index (χ1n) is 6.78. The summed E-state index contributed by atoms with van der Waals surface area (Å²) in [6.45, 7) is 4.04. The quantitative estimate of drug-likeness (QED) is 0.687. The van der Waals surface area contributed by atoms with Gasteiger partial charge in [0.25, 0.3) is 5.91 Å². The predicted molar refractivity (Wildman–Crippen MR) is 88.6 cm³/mol. The maximum absolute atomic E-state index is 12.4. The van der Waals surface area contributed by atoms with E-state index in [1.54, 1.807) is 24.5 Å². The van der Waals surface area contributed by atoms with Crippen molar-refractivity contribution in [2.24, 2.45) is 5.73 Å². The van der Waals surface area contributed by atoms with E-state index in [2.05, 4.69) is 16.0 Å². The molecule has 3 amide bonds. The van der Waals surface area contributed by atoms with E-state index >= 15 is 0 Å². The van der Waals surface area contributed by atoms with Crippen LogP contribution in [0.3, 0.4) is 0 Å². The van der Waals surface area contributed by atoms with E-state index in [9.17, 15) is 9.59 Å². The molecule has 116 valence electrons. The molecule has 2 rings (SSSR count). The van der Waals surface area contributed by atoms with Gasteiger partial charge in [0, 0.05) is 17.3 Å². The molecule has 1 aromatic rings. The Kier molecular flexibility index (Phi) is 5.00. The summed E-state index contributed by atoms with van der Waals surface area (Å²) >= 11 is 1.35. The molecule has 6 nitrogen and oxygen atoms in total. The molecule has 0 fully saturated rings. The van der Waals surface area contributed by atoms with Crippen LogP contribution < -0.4 is 21.7 Å². The fraction of sp³-hybridized carbons (Fsp3) is 0.200. The third-order valence-corrected chi connectivity index (χ3v) is 4.23. The monoisotopic (exact) mass is 318 g/mol.